The minimum absolute atomic E-state index is 0. The molecule has 0 spiro atoms. The van der Waals surface area contributed by atoms with Crippen molar-refractivity contribution in [3.05, 3.63) is 22.4 Å². The molecule has 0 saturated carbocycles. The van der Waals surface area contributed by atoms with Crippen molar-refractivity contribution in [1.29, 1.82) is 0 Å². The monoisotopic (exact) mass is 364 g/mol. The van der Waals surface area contributed by atoms with E-state index in [1.165, 1.54) is 16.2 Å². The molecule has 2 aromatic heterocycles. The van der Waals surface area contributed by atoms with Crippen molar-refractivity contribution in [3.63, 3.8) is 0 Å². The molecule has 116 valence electrons. The van der Waals surface area contributed by atoms with Crippen LogP contribution >= 0.6 is 46.8 Å². The highest BCUT2D eigenvalue weighted by atomic mass is 35.5. The molecule has 0 unspecified atom stereocenters. The van der Waals surface area contributed by atoms with Crippen molar-refractivity contribution >= 4 is 57.9 Å². The number of nitrogens with zero attached hydrogens (tertiary/aromatic N) is 2. The number of thiophene rings is 1. The number of amides is 1. The van der Waals surface area contributed by atoms with Crippen molar-refractivity contribution in [2.24, 2.45) is 11.7 Å². The standard InChI is InChI=1S/C12H16N4OS3.ClH/c1-7(2)9(13)10(17)14-11-15-16-12(20-11)19-6-8-4-3-5-18-8;/h3-5,7,9H,6,13H2,1-2H3,(H,14,15,17);1H/t9-;/m0./s1. The number of hydrogen-bond acceptors (Lipinski definition) is 7. The quantitative estimate of drug-likeness (QED) is 0.607. The zero-order valence-electron chi connectivity index (χ0n) is 11.6. The maximum Gasteiger partial charge on any atom is 0.243 e. The van der Waals surface area contributed by atoms with Crippen LogP contribution in [0.3, 0.4) is 0 Å². The minimum atomic E-state index is -0.527. The third-order valence-corrected chi connectivity index (χ3v) is 5.66. The molecule has 0 aliphatic rings. The molecule has 0 fully saturated rings. The van der Waals surface area contributed by atoms with Gasteiger partial charge in [0.2, 0.25) is 11.0 Å². The Labute approximate surface area is 142 Å². The molecule has 0 aromatic carbocycles. The molecule has 2 aromatic rings. The van der Waals surface area contributed by atoms with Crippen LogP contribution in [-0.2, 0) is 10.5 Å². The fraction of sp³-hybridized carbons (Fsp3) is 0.417. The second-order valence-corrected chi connectivity index (χ2v) is 7.73. The second kappa shape index (κ2) is 8.70. The molecule has 1 amide bonds. The highest BCUT2D eigenvalue weighted by Gasteiger charge is 2.18. The van der Waals surface area contributed by atoms with E-state index in [1.54, 1.807) is 23.1 Å². The predicted molar refractivity (Wildman–Crippen MR) is 92.5 cm³/mol. The molecular formula is C12H17ClN4OS3. The lowest BCUT2D eigenvalue weighted by molar-refractivity contribution is -0.118. The van der Waals surface area contributed by atoms with E-state index in [1.807, 2.05) is 19.9 Å². The van der Waals surface area contributed by atoms with Crippen molar-refractivity contribution in [1.82, 2.24) is 10.2 Å². The van der Waals surface area contributed by atoms with Crippen molar-refractivity contribution < 1.29 is 4.79 Å². The molecule has 0 aliphatic heterocycles. The lowest BCUT2D eigenvalue weighted by atomic mass is 10.1. The third kappa shape index (κ3) is 5.55. The lowest BCUT2D eigenvalue weighted by Gasteiger charge is -2.13. The van der Waals surface area contributed by atoms with Gasteiger partial charge in [0.15, 0.2) is 4.34 Å². The fourth-order valence-corrected chi connectivity index (χ4v) is 3.87. The summed E-state index contributed by atoms with van der Waals surface area (Å²) in [6.45, 7) is 3.82. The highest BCUT2D eigenvalue weighted by Crippen LogP contribution is 2.29. The van der Waals surface area contributed by atoms with Gasteiger partial charge in [0, 0.05) is 10.6 Å². The molecule has 0 bridgehead atoms. The van der Waals surface area contributed by atoms with Gasteiger partial charge >= 0.3 is 0 Å². The Kier molecular flexibility index (Phi) is 7.61. The molecule has 21 heavy (non-hydrogen) atoms. The van der Waals surface area contributed by atoms with Gasteiger partial charge in [0.25, 0.3) is 0 Å². The van der Waals surface area contributed by atoms with Gasteiger partial charge in [-0.3, -0.25) is 10.1 Å². The summed E-state index contributed by atoms with van der Waals surface area (Å²) in [4.78, 5) is 13.1. The zero-order chi connectivity index (χ0) is 14.5. The predicted octanol–water partition coefficient (Wildman–Crippen LogP) is 3.24. The van der Waals surface area contributed by atoms with Crippen LogP contribution in [0.25, 0.3) is 0 Å². The summed E-state index contributed by atoms with van der Waals surface area (Å²) in [5.41, 5.74) is 5.78. The van der Waals surface area contributed by atoms with Crippen molar-refractivity contribution in [2.75, 3.05) is 5.32 Å². The number of thioether (sulfide) groups is 1. The number of carbonyl (C=O) groups excluding carboxylic acids is 1. The van der Waals surface area contributed by atoms with Gasteiger partial charge in [-0.25, -0.2) is 0 Å². The Morgan fingerprint density at radius 2 is 2.24 bits per heavy atom. The number of nitrogens with two attached hydrogens (primary N) is 1. The maximum absolute atomic E-state index is 11.8. The number of carbonyl (C=O) groups is 1. The van der Waals surface area contributed by atoms with Crippen LogP contribution in [0, 0.1) is 5.92 Å². The van der Waals surface area contributed by atoms with E-state index in [0.29, 0.717) is 5.13 Å². The van der Waals surface area contributed by atoms with Crippen molar-refractivity contribution in [2.45, 2.75) is 30.0 Å². The average Bonchev–Trinajstić information content (AvgIpc) is 3.06. The summed E-state index contributed by atoms with van der Waals surface area (Å²) in [6.07, 6.45) is 0. The Balaban J connectivity index is 0.00000220. The summed E-state index contributed by atoms with van der Waals surface area (Å²) >= 11 is 4.70. The van der Waals surface area contributed by atoms with E-state index in [9.17, 15) is 4.79 Å². The minimum Gasteiger partial charge on any atom is -0.320 e. The summed E-state index contributed by atoms with van der Waals surface area (Å²) < 4.78 is 0.840. The first-order valence-electron chi connectivity index (χ1n) is 6.11. The summed E-state index contributed by atoms with van der Waals surface area (Å²) in [5.74, 6) is 0.743. The largest absolute Gasteiger partial charge is 0.320 e. The number of rotatable bonds is 6. The molecule has 0 radical (unpaired) electrons. The second-order valence-electron chi connectivity index (χ2n) is 4.50. The molecular weight excluding hydrogens is 348 g/mol. The molecule has 3 N–H and O–H groups in total. The number of anilines is 1. The van der Waals surface area contributed by atoms with Crippen LogP contribution in [0.2, 0.25) is 0 Å². The van der Waals surface area contributed by atoms with Gasteiger partial charge in [-0.1, -0.05) is 43.0 Å². The van der Waals surface area contributed by atoms with Crippen LogP contribution in [-0.4, -0.2) is 22.1 Å². The van der Waals surface area contributed by atoms with Crippen LogP contribution in [0.5, 0.6) is 0 Å². The normalized spacial score (nSPS) is 12.0. The Morgan fingerprint density at radius 3 is 2.86 bits per heavy atom. The lowest BCUT2D eigenvalue weighted by Crippen LogP contribution is -2.39. The Bertz CT molecular complexity index is 559. The molecule has 0 aliphatic carbocycles. The van der Waals surface area contributed by atoms with Gasteiger partial charge in [-0.2, -0.15) is 0 Å². The van der Waals surface area contributed by atoms with Crippen LogP contribution in [0.1, 0.15) is 18.7 Å². The van der Waals surface area contributed by atoms with Gasteiger partial charge in [0.05, 0.1) is 6.04 Å². The number of nitrogens with one attached hydrogen (secondary N) is 1. The third-order valence-electron chi connectivity index (χ3n) is 2.58. The number of hydrogen-bond donors (Lipinski definition) is 2. The average molecular weight is 365 g/mol. The topological polar surface area (TPSA) is 80.9 Å². The van der Waals surface area contributed by atoms with Gasteiger partial charge in [-0.15, -0.1) is 33.9 Å². The van der Waals surface area contributed by atoms with Crippen LogP contribution < -0.4 is 11.1 Å². The molecule has 5 nitrogen and oxygen atoms in total. The maximum atomic E-state index is 11.8. The van der Waals surface area contributed by atoms with Gasteiger partial charge in [0.1, 0.15) is 0 Å². The molecule has 2 heterocycles. The highest BCUT2D eigenvalue weighted by molar-refractivity contribution is 8.00. The molecule has 0 saturated heterocycles. The summed E-state index contributed by atoms with van der Waals surface area (Å²) in [7, 11) is 0. The first-order chi connectivity index (χ1) is 9.56. The van der Waals surface area contributed by atoms with E-state index in [0.717, 1.165) is 10.1 Å². The number of aromatic nitrogens is 2. The van der Waals surface area contributed by atoms with Gasteiger partial charge < -0.3 is 5.73 Å². The van der Waals surface area contributed by atoms with Crippen molar-refractivity contribution in [3.8, 4) is 0 Å². The van der Waals surface area contributed by atoms with E-state index in [2.05, 4.69) is 27.0 Å². The van der Waals surface area contributed by atoms with E-state index >= 15 is 0 Å². The van der Waals surface area contributed by atoms with Crippen LogP contribution in [0.4, 0.5) is 5.13 Å². The first kappa shape index (κ1) is 18.4. The van der Waals surface area contributed by atoms with E-state index < -0.39 is 6.04 Å². The van der Waals surface area contributed by atoms with E-state index in [4.69, 9.17) is 5.73 Å². The number of halogens is 1. The molecule has 2 rings (SSSR count). The first-order valence-corrected chi connectivity index (χ1v) is 8.79. The Hall–Kier alpha value is -0.670. The Morgan fingerprint density at radius 1 is 1.48 bits per heavy atom. The molecule has 1 atom stereocenters. The zero-order valence-corrected chi connectivity index (χ0v) is 14.9. The summed E-state index contributed by atoms with van der Waals surface area (Å²) in [5, 5.41) is 13.3. The SMILES string of the molecule is CC(C)[C@H](N)C(=O)Nc1nnc(SCc2cccs2)s1.Cl. The fourth-order valence-electron chi connectivity index (χ4n) is 1.34. The van der Waals surface area contributed by atoms with E-state index in [-0.39, 0.29) is 24.2 Å². The molecule has 9 heteroatoms. The van der Waals surface area contributed by atoms with Gasteiger partial charge in [-0.05, 0) is 17.4 Å². The summed E-state index contributed by atoms with van der Waals surface area (Å²) in [6, 6.07) is 3.59. The van der Waals surface area contributed by atoms with Crippen LogP contribution in [0.15, 0.2) is 21.9 Å². The smallest absolute Gasteiger partial charge is 0.243 e.